The number of esters is 1. The molecule has 2 aliphatic carbocycles. The summed E-state index contributed by atoms with van der Waals surface area (Å²) in [5.41, 5.74) is -8.83. The van der Waals surface area contributed by atoms with E-state index in [1.54, 1.807) is 13.8 Å². The summed E-state index contributed by atoms with van der Waals surface area (Å²) in [5.74, 6) is -4.60. The van der Waals surface area contributed by atoms with Crippen molar-refractivity contribution in [3.8, 4) is 11.5 Å². The number of carbonyl (C=O) groups excluding carboxylic acids is 3. The number of phenolic OH excluding ortho intramolecular Hbond substituents is 2. The van der Waals surface area contributed by atoms with E-state index in [1.165, 1.54) is 6.92 Å². The molecular formula is C28H32O13. The van der Waals surface area contributed by atoms with Gasteiger partial charge in [0.05, 0.1) is 60.3 Å². The third-order valence-electron chi connectivity index (χ3n) is 10.0. The van der Waals surface area contributed by atoms with Crippen LogP contribution in [0.3, 0.4) is 0 Å². The van der Waals surface area contributed by atoms with Crippen LogP contribution < -0.4 is 0 Å². The molecule has 11 atom stereocenters. The quantitative estimate of drug-likeness (QED) is 0.240. The van der Waals surface area contributed by atoms with Crippen LogP contribution in [0, 0.1) is 0 Å². The van der Waals surface area contributed by atoms with Gasteiger partial charge in [0, 0.05) is 30.4 Å². The number of hydrogen-bond acceptors (Lipinski definition) is 13. The predicted molar refractivity (Wildman–Crippen MR) is 132 cm³/mol. The van der Waals surface area contributed by atoms with Crippen molar-refractivity contribution in [3.05, 3.63) is 22.3 Å². The van der Waals surface area contributed by atoms with Gasteiger partial charge in [-0.2, -0.15) is 0 Å². The fraction of sp³-hybridized carbons (Fsp3) is 0.679. The summed E-state index contributed by atoms with van der Waals surface area (Å²) in [5, 5.41) is 57.3. The number of phenols is 2. The number of hydrogen-bond donors (Lipinski definition) is 5. The van der Waals surface area contributed by atoms with Crippen LogP contribution in [0.1, 0.15) is 90.8 Å². The van der Waals surface area contributed by atoms with Crippen molar-refractivity contribution in [2.24, 2.45) is 0 Å². The molecule has 4 saturated heterocycles. The minimum absolute atomic E-state index is 0.00950. The van der Waals surface area contributed by atoms with Gasteiger partial charge in [-0.25, -0.2) is 0 Å². The van der Waals surface area contributed by atoms with Crippen LogP contribution in [0.25, 0.3) is 0 Å². The highest BCUT2D eigenvalue weighted by Crippen LogP contribution is 2.62. The lowest BCUT2D eigenvalue weighted by molar-refractivity contribution is -0.311. The molecule has 7 aliphatic rings. The molecule has 0 radical (unpaired) electrons. The van der Waals surface area contributed by atoms with Crippen molar-refractivity contribution in [2.75, 3.05) is 0 Å². The first-order valence-corrected chi connectivity index (χ1v) is 13.9. The van der Waals surface area contributed by atoms with Crippen molar-refractivity contribution >= 4 is 17.5 Å². The number of ether oxygens (including phenoxy) is 5. The van der Waals surface area contributed by atoms with Crippen LogP contribution >= 0.6 is 0 Å². The standard InChI is InChI=1S/C28H32O13/c1-9-13(29)4-5-17(37-9)40-15-7-14-18-21(27(15,35)10(2)39-14)23(32)20-19(22(18)31)24(33)26-8-12(6-16(30)41-26)38-11(3)28(26,36)25(20)34/h9-15,17,29,31-32,35-36H,4-8H2,1-3H3/t9-,10+,11-,12?,13-,14?,15+,17-,26+,27+,28-/m0/s1. The third kappa shape index (κ3) is 3.17. The van der Waals surface area contributed by atoms with Gasteiger partial charge >= 0.3 is 5.97 Å². The van der Waals surface area contributed by atoms with Gasteiger partial charge in [-0.15, -0.1) is 0 Å². The topological polar surface area (TPSA) is 199 Å². The van der Waals surface area contributed by atoms with Crippen LogP contribution in [-0.4, -0.2) is 97.2 Å². The van der Waals surface area contributed by atoms with Crippen LogP contribution in [0.4, 0.5) is 0 Å². The van der Waals surface area contributed by atoms with Gasteiger partial charge < -0.3 is 49.2 Å². The minimum Gasteiger partial charge on any atom is -0.507 e. The summed E-state index contributed by atoms with van der Waals surface area (Å²) in [6.07, 6.45) is -6.80. The monoisotopic (exact) mass is 576 g/mol. The van der Waals surface area contributed by atoms with E-state index in [4.69, 9.17) is 23.7 Å². The molecule has 5 N–H and O–H groups in total. The van der Waals surface area contributed by atoms with Crippen LogP contribution in [-0.2, 0) is 34.1 Å². The molecule has 1 spiro atoms. The number of benzene rings is 1. The summed E-state index contributed by atoms with van der Waals surface area (Å²) < 4.78 is 29.1. The minimum atomic E-state index is -2.71. The average Bonchev–Trinajstić information content (AvgIpc) is 2.90. The Balaban J connectivity index is 1.39. The molecule has 13 nitrogen and oxygen atoms in total. The van der Waals surface area contributed by atoms with E-state index in [1.807, 2.05) is 0 Å². The van der Waals surface area contributed by atoms with Crippen molar-refractivity contribution in [2.45, 2.75) is 119 Å². The summed E-state index contributed by atoms with van der Waals surface area (Å²) >= 11 is 0. The van der Waals surface area contributed by atoms with Crippen molar-refractivity contribution in [1.82, 2.24) is 0 Å². The highest BCUT2D eigenvalue weighted by atomic mass is 16.7. The fourth-order valence-electron chi connectivity index (χ4n) is 7.85. The van der Waals surface area contributed by atoms with Gasteiger partial charge in [-0.3, -0.25) is 14.4 Å². The normalized spacial score (nSPS) is 46.4. The summed E-state index contributed by atoms with van der Waals surface area (Å²) in [4.78, 5) is 40.7. The first-order chi connectivity index (χ1) is 19.3. The Hall–Kier alpha value is -2.65. The van der Waals surface area contributed by atoms with E-state index >= 15 is 0 Å². The molecule has 5 aliphatic heterocycles. The zero-order valence-electron chi connectivity index (χ0n) is 22.7. The number of Topliss-reactive ketones (excluding diaryl/α,β-unsaturated/α-hetero) is 2. The molecule has 4 fully saturated rings. The summed E-state index contributed by atoms with van der Waals surface area (Å²) in [7, 11) is 0. The number of aliphatic hydroxyl groups excluding tert-OH is 1. The number of aromatic hydroxyl groups is 2. The van der Waals surface area contributed by atoms with Gasteiger partial charge in [-0.1, -0.05) is 0 Å². The number of fused-ring (bicyclic) bond motifs is 4. The molecule has 222 valence electrons. The Labute approximate surface area is 233 Å². The first-order valence-electron chi connectivity index (χ1n) is 13.9. The van der Waals surface area contributed by atoms with Gasteiger partial charge in [0.15, 0.2) is 6.29 Å². The van der Waals surface area contributed by atoms with Gasteiger partial charge in [0.1, 0.15) is 17.1 Å². The smallest absolute Gasteiger partial charge is 0.309 e. The lowest BCUT2D eigenvalue weighted by atomic mass is 9.58. The van der Waals surface area contributed by atoms with Gasteiger partial charge in [-0.05, 0) is 27.2 Å². The molecule has 0 aromatic heterocycles. The molecule has 8 rings (SSSR count). The predicted octanol–water partition coefficient (Wildman–Crippen LogP) is 0.393. The Morgan fingerprint density at radius 3 is 2.32 bits per heavy atom. The highest BCUT2D eigenvalue weighted by Gasteiger charge is 2.75. The van der Waals surface area contributed by atoms with Crippen molar-refractivity contribution in [1.29, 1.82) is 0 Å². The zero-order valence-corrected chi connectivity index (χ0v) is 22.7. The Bertz CT molecular complexity index is 1390. The molecule has 5 heterocycles. The maximum Gasteiger partial charge on any atom is 0.309 e. The fourth-order valence-corrected chi connectivity index (χ4v) is 7.85. The molecule has 41 heavy (non-hydrogen) atoms. The summed E-state index contributed by atoms with van der Waals surface area (Å²) in [6, 6.07) is 0. The Kier molecular flexibility index (Phi) is 5.62. The van der Waals surface area contributed by atoms with E-state index in [0.717, 1.165) is 0 Å². The molecule has 4 bridgehead atoms. The maximum atomic E-state index is 14.1. The molecule has 1 aromatic carbocycles. The number of carbonyl (C=O) groups is 3. The molecular weight excluding hydrogens is 544 g/mol. The van der Waals surface area contributed by atoms with E-state index in [-0.39, 0.29) is 30.4 Å². The Morgan fingerprint density at radius 1 is 0.902 bits per heavy atom. The van der Waals surface area contributed by atoms with E-state index in [2.05, 4.69) is 0 Å². The zero-order chi connectivity index (χ0) is 29.4. The maximum absolute atomic E-state index is 14.1. The Morgan fingerprint density at radius 2 is 1.61 bits per heavy atom. The van der Waals surface area contributed by atoms with E-state index in [9.17, 15) is 39.9 Å². The molecule has 0 amide bonds. The lowest BCUT2D eigenvalue weighted by Crippen LogP contribution is -2.78. The highest BCUT2D eigenvalue weighted by molar-refractivity contribution is 6.25. The second-order valence-electron chi connectivity index (χ2n) is 12.1. The lowest BCUT2D eigenvalue weighted by Gasteiger charge is -2.57. The number of ketones is 2. The second-order valence-corrected chi connectivity index (χ2v) is 12.1. The third-order valence-corrected chi connectivity index (χ3v) is 10.0. The van der Waals surface area contributed by atoms with Crippen LogP contribution in [0.15, 0.2) is 0 Å². The van der Waals surface area contributed by atoms with E-state index in [0.29, 0.717) is 12.8 Å². The van der Waals surface area contributed by atoms with Crippen LogP contribution in [0.2, 0.25) is 0 Å². The molecule has 2 unspecified atom stereocenters. The van der Waals surface area contributed by atoms with E-state index < -0.39 is 106 Å². The van der Waals surface area contributed by atoms with Gasteiger partial charge in [0.25, 0.3) is 0 Å². The van der Waals surface area contributed by atoms with Gasteiger partial charge in [0.2, 0.25) is 22.8 Å². The van der Waals surface area contributed by atoms with Crippen molar-refractivity contribution < 1.29 is 63.6 Å². The van der Waals surface area contributed by atoms with Crippen molar-refractivity contribution in [3.63, 3.8) is 0 Å². The molecule has 1 aromatic rings. The number of rotatable bonds is 2. The molecule has 0 saturated carbocycles. The summed E-state index contributed by atoms with van der Waals surface area (Å²) in [6.45, 7) is 4.60. The number of aliphatic hydroxyl groups is 3. The largest absolute Gasteiger partial charge is 0.507 e. The van der Waals surface area contributed by atoms with Crippen LogP contribution in [0.5, 0.6) is 11.5 Å². The average molecular weight is 577 g/mol. The molecule has 13 heteroatoms. The second kappa shape index (κ2) is 8.47. The first kappa shape index (κ1) is 27.2. The SMILES string of the molecule is C[C@@H]1O[C@@H](O[C@@H]2CC3O[C@H](C)[C@]2(O)c2c(O)c4c(c(O)c23)C(=O)[C@@]23CC(CC(=O)O2)O[C@@H](C)[C@]3(O)C4=O)CC[C@@H]1O.